The van der Waals surface area contributed by atoms with Gasteiger partial charge in [-0.05, 0) is 57.4 Å². The maximum atomic E-state index is 13.1. The van der Waals surface area contributed by atoms with Crippen LogP contribution in [0.25, 0.3) is 0 Å². The number of hydrogen-bond acceptors (Lipinski definition) is 4. The zero-order valence-electron chi connectivity index (χ0n) is 14.5. The van der Waals surface area contributed by atoms with Crippen molar-refractivity contribution < 1.29 is 4.79 Å². The van der Waals surface area contributed by atoms with Crippen molar-refractivity contribution in [3.8, 4) is 0 Å². The Kier molecular flexibility index (Phi) is 4.83. The first kappa shape index (κ1) is 16.2. The molecule has 0 unspecified atom stereocenters. The van der Waals surface area contributed by atoms with Crippen molar-refractivity contribution in [2.45, 2.75) is 70.9 Å². The van der Waals surface area contributed by atoms with Crippen LogP contribution in [-0.2, 0) is 0 Å². The van der Waals surface area contributed by atoms with Crippen LogP contribution in [0.5, 0.6) is 0 Å². The Balaban J connectivity index is 1.78. The van der Waals surface area contributed by atoms with Crippen molar-refractivity contribution in [1.29, 1.82) is 0 Å². The van der Waals surface area contributed by atoms with Gasteiger partial charge in [0.15, 0.2) is 0 Å². The summed E-state index contributed by atoms with van der Waals surface area (Å²) >= 11 is 0. The van der Waals surface area contributed by atoms with Crippen LogP contribution in [0, 0.1) is 12.8 Å². The molecule has 0 saturated heterocycles. The SMILES string of the molecule is CCC1CCC(N(C(=O)c2cc(C)nc(NC)n2)C2CC2)CC1. The van der Waals surface area contributed by atoms with Gasteiger partial charge in [-0.15, -0.1) is 0 Å². The molecule has 1 heterocycles. The van der Waals surface area contributed by atoms with E-state index in [2.05, 4.69) is 27.1 Å². The molecule has 5 nitrogen and oxygen atoms in total. The summed E-state index contributed by atoms with van der Waals surface area (Å²) in [7, 11) is 1.79. The van der Waals surface area contributed by atoms with Gasteiger partial charge in [-0.1, -0.05) is 13.3 Å². The highest BCUT2D eigenvalue weighted by Gasteiger charge is 2.39. The minimum Gasteiger partial charge on any atom is -0.357 e. The number of anilines is 1. The molecule has 126 valence electrons. The second kappa shape index (κ2) is 6.85. The van der Waals surface area contributed by atoms with Crippen LogP contribution in [0.4, 0.5) is 5.95 Å². The van der Waals surface area contributed by atoms with Crippen LogP contribution in [0.1, 0.15) is 68.1 Å². The average molecular weight is 316 g/mol. The average Bonchev–Trinajstić information content (AvgIpc) is 3.40. The van der Waals surface area contributed by atoms with Crippen LogP contribution in [0.2, 0.25) is 0 Å². The topological polar surface area (TPSA) is 58.1 Å². The van der Waals surface area contributed by atoms with E-state index >= 15 is 0 Å². The number of aromatic nitrogens is 2. The van der Waals surface area contributed by atoms with Crippen molar-refractivity contribution in [3.63, 3.8) is 0 Å². The molecular formula is C18H28N4O. The number of hydrogen-bond donors (Lipinski definition) is 1. The molecule has 2 aliphatic rings. The number of rotatable bonds is 5. The normalized spacial score (nSPS) is 24.3. The standard InChI is InChI=1S/C18H28N4O/c1-4-13-5-7-14(8-6-13)22(15-9-10-15)17(23)16-11-12(2)20-18(19-3)21-16/h11,13-15H,4-10H2,1-3H3,(H,19,20,21). The molecule has 1 aromatic rings. The summed E-state index contributed by atoms with van der Waals surface area (Å²) in [4.78, 5) is 23.9. The first-order valence-electron chi connectivity index (χ1n) is 8.98. The van der Waals surface area contributed by atoms with Gasteiger partial charge in [-0.2, -0.15) is 0 Å². The number of carbonyl (C=O) groups excluding carboxylic acids is 1. The molecule has 5 heteroatoms. The van der Waals surface area contributed by atoms with Crippen LogP contribution < -0.4 is 5.32 Å². The smallest absolute Gasteiger partial charge is 0.273 e. The molecule has 2 saturated carbocycles. The van der Waals surface area contributed by atoms with Gasteiger partial charge in [0.25, 0.3) is 5.91 Å². The second-order valence-electron chi connectivity index (χ2n) is 6.99. The largest absolute Gasteiger partial charge is 0.357 e. The molecular weight excluding hydrogens is 288 g/mol. The lowest BCUT2D eigenvalue weighted by molar-refractivity contribution is 0.0581. The zero-order valence-corrected chi connectivity index (χ0v) is 14.5. The lowest BCUT2D eigenvalue weighted by Gasteiger charge is -2.37. The first-order chi connectivity index (χ1) is 11.1. The Morgan fingerprint density at radius 3 is 2.30 bits per heavy atom. The highest BCUT2D eigenvalue weighted by Crippen LogP contribution is 2.37. The maximum absolute atomic E-state index is 13.1. The summed E-state index contributed by atoms with van der Waals surface area (Å²) in [5.41, 5.74) is 1.37. The van der Waals surface area contributed by atoms with E-state index in [0.717, 1.165) is 37.3 Å². The van der Waals surface area contributed by atoms with Gasteiger partial charge >= 0.3 is 0 Å². The summed E-state index contributed by atoms with van der Waals surface area (Å²) in [6.45, 7) is 4.19. The van der Waals surface area contributed by atoms with E-state index in [-0.39, 0.29) is 5.91 Å². The van der Waals surface area contributed by atoms with Crippen LogP contribution >= 0.6 is 0 Å². The molecule has 2 aliphatic carbocycles. The van der Waals surface area contributed by atoms with Gasteiger partial charge in [0, 0.05) is 24.8 Å². The molecule has 0 spiro atoms. The van der Waals surface area contributed by atoms with E-state index in [0.29, 0.717) is 23.7 Å². The fourth-order valence-corrected chi connectivity index (χ4v) is 3.74. The van der Waals surface area contributed by atoms with Crippen molar-refractivity contribution in [1.82, 2.24) is 14.9 Å². The Bertz CT molecular complexity index is 562. The predicted octanol–water partition coefficient (Wildman–Crippen LogP) is 3.40. The number of nitrogens with zero attached hydrogens (tertiary/aromatic N) is 3. The highest BCUT2D eigenvalue weighted by atomic mass is 16.2. The number of aryl methyl sites for hydroxylation is 1. The van der Waals surface area contributed by atoms with Crippen molar-refractivity contribution in [3.05, 3.63) is 17.5 Å². The van der Waals surface area contributed by atoms with Crippen molar-refractivity contribution in [2.24, 2.45) is 5.92 Å². The molecule has 3 rings (SSSR count). The number of amides is 1. The van der Waals surface area contributed by atoms with Crippen molar-refractivity contribution >= 4 is 11.9 Å². The molecule has 0 bridgehead atoms. The van der Waals surface area contributed by atoms with Crippen LogP contribution in [-0.4, -0.2) is 39.9 Å². The third-order valence-corrected chi connectivity index (χ3v) is 5.26. The van der Waals surface area contributed by atoms with Crippen LogP contribution in [0.15, 0.2) is 6.07 Å². The van der Waals surface area contributed by atoms with E-state index in [9.17, 15) is 4.79 Å². The summed E-state index contributed by atoms with van der Waals surface area (Å²) in [5, 5.41) is 2.95. The fraction of sp³-hybridized carbons (Fsp3) is 0.722. The quantitative estimate of drug-likeness (QED) is 0.904. The molecule has 2 fully saturated rings. The highest BCUT2D eigenvalue weighted by molar-refractivity contribution is 5.93. The molecule has 0 atom stereocenters. The third-order valence-electron chi connectivity index (χ3n) is 5.26. The van der Waals surface area contributed by atoms with E-state index in [1.165, 1.54) is 19.3 Å². The Morgan fingerprint density at radius 1 is 1.17 bits per heavy atom. The van der Waals surface area contributed by atoms with Crippen molar-refractivity contribution in [2.75, 3.05) is 12.4 Å². The summed E-state index contributed by atoms with van der Waals surface area (Å²) in [6, 6.07) is 2.64. The molecule has 0 aliphatic heterocycles. The minimum atomic E-state index is 0.0921. The van der Waals surface area contributed by atoms with Crippen LogP contribution in [0.3, 0.4) is 0 Å². The third kappa shape index (κ3) is 3.65. The van der Waals surface area contributed by atoms with Gasteiger partial charge in [0.2, 0.25) is 5.95 Å². The lowest BCUT2D eigenvalue weighted by atomic mass is 9.83. The summed E-state index contributed by atoms with van der Waals surface area (Å²) in [5.74, 6) is 1.47. The van der Waals surface area contributed by atoms with E-state index in [1.54, 1.807) is 7.05 Å². The van der Waals surface area contributed by atoms with Gasteiger partial charge in [0.05, 0.1) is 0 Å². The molecule has 1 N–H and O–H groups in total. The molecule has 0 aromatic carbocycles. The maximum Gasteiger partial charge on any atom is 0.273 e. The van der Waals surface area contributed by atoms with Gasteiger partial charge in [-0.3, -0.25) is 4.79 Å². The van der Waals surface area contributed by atoms with E-state index in [4.69, 9.17) is 0 Å². The fourth-order valence-electron chi connectivity index (χ4n) is 3.74. The van der Waals surface area contributed by atoms with E-state index < -0.39 is 0 Å². The summed E-state index contributed by atoms with van der Waals surface area (Å²) in [6.07, 6.45) is 8.34. The Morgan fingerprint density at radius 2 is 1.78 bits per heavy atom. The van der Waals surface area contributed by atoms with Gasteiger partial charge in [-0.25, -0.2) is 9.97 Å². The monoisotopic (exact) mass is 316 g/mol. The Hall–Kier alpha value is -1.65. The molecule has 0 radical (unpaired) electrons. The minimum absolute atomic E-state index is 0.0921. The summed E-state index contributed by atoms with van der Waals surface area (Å²) < 4.78 is 0. The molecule has 1 amide bonds. The van der Waals surface area contributed by atoms with E-state index in [1.807, 2.05) is 13.0 Å². The Labute approximate surface area is 138 Å². The predicted molar refractivity (Wildman–Crippen MR) is 91.5 cm³/mol. The van der Waals surface area contributed by atoms with Gasteiger partial charge in [0.1, 0.15) is 5.69 Å². The number of nitrogens with one attached hydrogen (secondary N) is 1. The number of carbonyl (C=O) groups is 1. The van der Waals surface area contributed by atoms with Gasteiger partial charge < -0.3 is 10.2 Å². The lowest BCUT2D eigenvalue weighted by Crippen LogP contribution is -2.44. The zero-order chi connectivity index (χ0) is 16.4. The molecule has 1 aromatic heterocycles. The second-order valence-corrected chi connectivity index (χ2v) is 6.99. The molecule has 23 heavy (non-hydrogen) atoms. The first-order valence-corrected chi connectivity index (χ1v) is 8.98.